The van der Waals surface area contributed by atoms with Crippen LogP contribution in [-0.4, -0.2) is 29.1 Å². The van der Waals surface area contributed by atoms with Crippen LogP contribution in [0.5, 0.6) is 0 Å². The number of nitrogens with zero attached hydrogens (tertiary/aromatic N) is 1. The number of rotatable bonds is 3. The summed E-state index contributed by atoms with van der Waals surface area (Å²) in [7, 11) is 0. The van der Waals surface area contributed by atoms with Crippen LogP contribution >= 0.6 is 0 Å². The van der Waals surface area contributed by atoms with Crippen LogP contribution < -0.4 is 0 Å². The molecule has 112 valence electrons. The summed E-state index contributed by atoms with van der Waals surface area (Å²) >= 11 is 0. The molecule has 1 aliphatic rings. The van der Waals surface area contributed by atoms with Gasteiger partial charge in [-0.15, -0.1) is 0 Å². The highest BCUT2D eigenvalue weighted by Crippen LogP contribution is 2.28. The number of hydrogen-bond acceptors (Lipinski definition) is 2. The van der Waals surface area contributed by atoms with Crippen molar-refractivity contribution >= 4 is 0 Å². The van der Waals surface area contributed by atoms with Gasteiger partial charge in [-0.25, -0.2) is 0 Å². The van der Waals surface area contributed by atoms with Crippen LogP contribution in [0, 0.1) is 26.7 Å². The highest BCUT2D eigenvalue weighted by atomic mass is 16.3. The first-order chi connectivity index (χ1) is 9.38. The highest BCUT2D eigenvalue weighted by Gasteiger charge is 2.25. The van der Waals surface area contributed by atoms with Crippen LogP contribution in [0.2, 0.25) is 0 Å². The Morgan fingerprint density at radius 1 is 1.20 bits per heavy atom. The average molecular weight is 275 g/mol. The molecule has 1 aromatic rings. The highest BCUT2D eigenvalue weighted by molar-refractivity contribution is 5.39. The Balaban J connectivity index is 2.10. The number of aryl methyl sites for hydroxylation is 3. The van der Waals surface area contributed by atoms with Crippen LogP contribution in [0.4, 0.5) is 0 Å². The normalized spacial score (nSPS) is 25.7. The van der Waals surface area contributed by atoms with Gasteiger partial charge in [-0.1, -0.05) is 24.6 Å². The molecule has 0 saturated carbocycles. The Morgan fingerprint density at radius 3 is 2.35 bits per heavy atom. The summed E-state index contributed by atoms with van der Waals surface area (Å²) in [5.41, 5.74) is 4.83. The van der Waals surface area contributed by atoms with E-state index in [4.69, 9.17) is 0 Å². The van der Waals surface area contributed by atoms with Gasteiger partial charge in [-0.05, 0) is 69.7 Å². The average Bonchev–Trinajstić information content (AvgIpc) is 2.31. The van der Waals surface area contributed by atoms with Gasteiger partial charge in [-0.2, -0.15) is 0 Å². The molecular formula is C18H29NO. The second-order valence-corrected chi connectivity index (χ2v) is 6.80. The lowest BCUT2D eigenvalue weighted by molar-refractivity contribution is 0.0595. The third-order valence-electron chi connectivity index (χ3n) is 4.75. The van der Waals surface area contributed by atoms with Crippen molar-refractivity contribution in [2.75, 3.05) is 13.1 Å². The fourth-order valence-corrected chi connectivity index (χ4v) is 3.76. The number of benzene rings is 1. The molecule has 1 heterocycles. The Kier molecular flexibility index (Phi) is 4.87. The predicted molar refractivity (Wildman–Crippen MR) is 85.0 cm³/mol. The van der Waals surface area contributed by atoms with Crippen molar-refractivity contribution in [3.8, 4) is 0 Å². The molecule has 3 unspecified atom stereocenters. The largest absolute Gasteiger partial charge is 0.387 e. The van der Waals surface area contributed by atoms with Crippen molar-refractivity contribution in [1.82, 2.24) is 4.90 Å². The summed E-state index contributed by atoms with van der Waals surface area (Å²) in [5.74, 6) is 0.821. The van der Waals surface area contributed by atoms with E-state index in [2.05, 4.69) is 51.7 Å². The third kappa shape index (κ3) is 3.42. The number of aliphatic hydroxyl groups excluding tert-OH is 1. The second kappa shape index (κ2) is 6.28. The molecule has 1 saturated heterocycles. The molecular weight excluding hydrogens is 246 g/mol. The number of likely N-dealkylation sites (tertiary alicyclic amines) is 1. The maximum Gasteiger partial charge on any atom is 0.0922 e. The Morgan fingerprint density at radius 2 is 1.80 bits per heavy atom. The summed E-state index contributed by atoms with van der Waals surface area (Å²) in [6, 6.07) is 4.93. The fraction of sp³-hybridized carbons (Fsp3) is 0.667. The summed E-state index contributed by atoms with van der Waals surface area (Å²) in [5, 5.41) is 10.7. The van der Waals surface area contributed by atoms with Gasteiger partial charge in [0, 0.05) is 12.6 Å². The van der Waals surface area contributed by atoms with Gasteiger partial charge in [0.2, 0.25) is 0 Å². The molecule has 0 bridgehead atoms. The van der Waals surface area contributed by atoms with Crippen LogP contribution in [0.3, 0.4) is 0 Å². The van der Waals surface area contributed by atoms with E-state index in [1.807, 2.05) is 0 Å². The van der Waals surface area contributed by atoms with Crippen molar-refractivity contribution in [2.24, 2.45) is 5.92 Å². The number of hydrogen-bond donors (Lipinski definition) is 1. The smallest absolute Gasteiger partial charge is 0.0922 e. The zero-order valence-corrected chi connectivity index (χ0v) is 13.6. The summed E-state index contributed by atoms with van der Waals surface area (Å²) in [6.45, 7) is 12.8. The van der Waals surface area contributed by atoms with E-state index in [1.54, 1.807) is 0 Å². The first-order valence-electron chi connectivity index (χ1n) is 7.88. The molecule has 2 nitrogen and oxygen atoms in total. The molecule has 0 aromatic heterocycles. The Bertz CT molecular complexity index is 445. The van der Waals surface area contributed by atoms with Gasteiger partial charge >= 0.3 is 0 Å². The molecule has 1 N–H and O–H groups in total. The van der Waals surface area contributed by atoms with Gasteiger partial charge < -0.3 is 5.11 Å². The minimum absolute atomic E-state index is 0.369. The topological polar surface area (TPSA) is 23.5 Å². The van der Waals surface area contributed by atoms with E-state index in [0.29, 0.717) is 6.04 Å². The van der Waals surface area contributed by atoms with E-state index >= 15 is 0 Å². The fourth-order valence-electron chi connectivity index (χ4n) is 3.76. The van der Waals surface area contributed by atoms with E-state index in [9.17, 15) is 5.11 Å². The summed E-state index contributed by atoms with van der Waals surface area (Å²) in [4.78, 5) is 2.45. The number of β-amino-alcohol motifs (C(OH)–C–C–N with tert-alkyl or cyclic N) is 1. The van der Waals surface area contributed by atoms with Crippen LogP contribution in [0.25, 0.3) is 0 Å². The number of aliphatic hydroxyl groups is 1. The molecule has 2 rings (SSSR count). The maximum atomic E-state index is 10.7. The molecule has 20 heavy (non-hydrogen) atoms. The van der Waals surface area contributed by atoms with Crippen molar-refractivity contribution in [3.05, 3.63) is 34.4 Å². The van der Waals surface area contributed by atoms with Crippen molar-refractivity contribution in [3.63, 3.8) is 0 Å². The quantitative estimate of drug-likeness (QED) is 0.908. The summed E-state index contributed by atoms with van der Waals surface area (Å²) < 4.78 is 0. The molecule has 0 radical (unpaired) electrons. The SMILES string of the molecule is Cc1cc(C)c(C(O)CN2CCC(C)CC2C)c(C)c1. The Hall–Kier alpha value is -0.860. The molecule has 3 atom stereocenters. The lowest BCUT2D eigenvalue weighted by Crippen LogP contribution is -2.42. The van der Waals surface area contributed by atoms with E-state index in [1.165, 1.54) is 29.5 Å². The van der Waals surface area contributed by atoms with Crippen LogP contribution in [-0.2, 0) is 0 Å². The minimum atomic E-state index is -0.369. The van der Waals surface area contributed by atoms with E-state index in [0.717, 1.165) is 24.6 Å². The van der Waals surface area contributed by atoms with Gasteiger partial charge in [0.15, 0.2) is 0 Å². The molecule has 0 amide bonds. The zero-order chi connectivity index (χ0) is 14.9. The predicted octanol–water partition coefficient (Wildman–Crippen LogP) is 3.77. The first kappa shape index (κ1) is 15.5. The van der Waals surface area contributed by atoms with E-state index in [-0.39, 0.29) is 6.10 Å². The molecule has 0 spiro atoms. The second-order valence-electron chi connectivity index (χ2n) is 6.80. The Labute approximate surface area is 123 Å². The first-order valence-corrected chi connectivity index (χ1v) is 7.88. The number of piperidine rings is 1. The van der Waals surface area contributed by atoms with Gasteiger partial charge in [-0.3, -0.25) is 4.90 Å². The van der Waals surface area contributed by atoms with Gasteiger partial charge in [0.05, 0.1) is 6.10 Å². The van der Waals surface area contributed by atoms with Crippen LogP contribution in [0.1, 0.15) is 55.0 Å². The molecule has 1 aliphatic heterocycles. The third-order valence-corrected chi connectivity index (χ3v) is 4.75. The summed E-state index contributed by atoms with van der Waals surface area (Å²) in [6.07, 6.45) is 2.13. The molecule has 2 heteroatoms. The minimum Gasteiger partial charge on any atom is -0.387 e. The van der Waals surface area contributed by atoms with Crippen molar-refractivity contribution in [1.29, 1.82) is 0 Å². The molecule has 1 aromatic carbocycles. The zero-order valence-electron chi connectivity index (χ0n) is 13.6. The van der Waals surface area contributed by atoms with Gasteiger partial charge in [0.1, 0.15) is 0 Å². The monoisotopic (exact) mass is 275 g/mol. The molecule has 0 aliphatic carbocycles. The lowest BCUT2D eigenvalue weighted by atomic mass is 9.91. The van der Waals surface area contributed by atoms with Crippen molar-refractivity contribution in [2.45, 2.75) is 59.6 Å². The van der Waals surface area contributed by atoms with Gasteiger partial charge in [0.25, 0.3) is 0 Å². The van der Waals surface area contributed by atoms with Crippen LogP contribution in [0.15, 0.2) is 12.1 Å². The molecule has 1 fully saturated rings. The lowest BCUT2D eigenvalue weighted by Gasteiger charge is -2.38. The maximum absolute atomic E-state index is 10.7. The standard InChI is InChI=1S/C18H29NO/c1-12-6-7-19(16(5)10-12)11-17(20)18-14(3)8-13(2)9-15(18)4/h8-9,12,16-17,20H,6-7,10-11H2,1-5H3. The van der Waals surface area contributed by atoms with Crippen molar-refractivity contribution < 1.29 is 5.11 Å². The van der Waals surface area contributed by atoms with E-state index < -0.39 is 0 Å².